The number of aliphatic hydroxyl groups excluding tert-OH is 1. The first-order valence-electron chi connectivity index (χ1n) is 12.3. The van der Waals surface area contributed by atoms with E-state index >= 15 is 0 Å². The first-order chi connectivity index (χ1) is 18.3. The molecule has 2 aliphatic carbocycles. The predicted octanol–water partition coefficient (Wildman–Crippen LogP) is 1.40. The van der Waals surface area contributed by atoms with Crippen LogP contribution in [-0.2, 0) is 20.7 Å². The number of halogens is 1. The van der Waals surface area contributed by atoms with Crippen molar-refractivity contribution in [3.05, 3.63) is 51.6 Å². The fourth-order valence-corrected chi connectivity index (χ4v) is 6.18. The minimum absolute atomic E-state index is 0.0220. The molecule has 0 aromatic heterocycles. The van der Waals surface area contributed by atoms with Gasteiger partial charge >= 0.3 is 0 Å². The lowest BCUT2D eigenvalue weighted by Crippen LogP contribution is -2.59. The van der Waals surface area contributed by atoms with Crippen molar-refractivity contribution in [2.75, 3.05) is 7.11 Å². The number of carbonyl (C=O) groups excluding carboxylic acids is 3. The van der Waals surface area contributed by atoms with Crippen molar-refractivity contribution in [1.82, 2.24) is 0 Å². The Bertz CT molecular complexity index is 1410. The zero-order valence-electron chi connectivity index (χ0n) is 21.3. The van der Waals surface area contributed by atoms with Crippen molar-refractivity contribution in [1.29, 1.82) is 0 Å². The maximum Gasteiger partial charge on any atom is 0.202 e. The van der Waals surface area contributed by atoms with E-state index < -0.39 is 87.5 Å². The van der Waals surface area contributed by atoms with Crippen LogP contribution in [0.1, 0.15) is 69.3 Å². The molecular formula is C27H28BrNO10. The van der Waals surface area contributed by atoms with Gasteiger partial charge in [0.1, 0.15) is 22.8 Å². The van der Waals surface area contributed by atoms with Gasteiger partial charge in [0.05, 0.1) is 53.0 Å². The third-order valence-corrected chi connectivity index (χ3v) is 8.92. The number of aromatic hydroxyl groups is 2. The van der Waals surface area contributed by atoms with E-state index in [0.717, 1.165) is 0 Å². The summed E-state index contributed by atoms with van der Waals surface area (Å²) < 4.78 is 17.2. The van der Waals surface area contributed by atoms with E-state index in [1.54, 1.807) is 6.92 Å². The number of fused-ring (bicyclic) bond motifs is 3. The monoisotopic (exact) mass is 605 g/mol. The maximum absolute atomic E-state index is 13.7. The van der Waals surface area contributed by atoms with E-state index in [0.29, 0.717) is 0 Å². The SMILES string of the molecule is COc1cccc2c1C(=O)c1c(O)c3c(c(O)c1C2=O)C[C@@](O)(C(C)=O)CC3O[C@@H]1O[C@@H](C)[C@H](O)[C@@H](N)[C@H]1Br. The molecule has 1 unspecified atom stereocenters. The number of benzene rings is 2. The van der Waals surface area contributed by atoms with Gasteiger partial charge in [-0.25, -0.2) is 0 Å². The van der Waals surface area contributed by atoms with Crippen LogP contribution >= 0.6 is 15.9 Å². The molecule has 0 radical (unpaired) electrons. The second-order valence-corrected chi connectivity index (χ2v) is 11.3. The number of hydrogen-bond acceptors (Lipinski definition) is 11. The quantitative estimate of drug-likeness (QED) is 0.214. The molecule has 0 bridgehead atoms. The minimum Gasteiger partial charge on any atom is -0.507 e. The Kier molecular flexibility index (Phi) is 6.85. The molecule has 0 saturated carbocycles. The van der Waals surface area contributed by atoms with Crippen LogP contribution < -0.4 is 10.5 Å². The molecule has 5 rings (SSSR count). The zero-order valence-corrected chi connectivity index (χ0v) is 22.9. The molecule has 0 amide bonds. The molecule has 11 nitrogen and oxygen atoms in total. The first-order valence-corrected chi connectivity index (χ1v) is 13.2. The highest BCUT2D eigenvalue weighted by Crippen LogP contribution is 2.52. The highest BCUT2D eigenvalue weighted by atomic mass is 79.9. The van der Waals surface area contributed by atoms with Crippen LogP contribution in [0.15, 0.2) is 18.2 Å². The van der Waals surface area contributed by atoms with E-state index in [9.17, 15) is 34.8 Å². The van der Waals surface area contributed by atoms with Crippen molar-refractivity contribution in [3.8, 4) is 17.2 Å². The standard InChI is InChI=1S/C27H28BrNO10/c1-9-21(31)20(29)19(28)26(38-9)39-14-8-27(36,10(2)30)7-12-16(14)25(35)18-17(23(12)33)22(32)11-5-4-6-13(37-3)15(11)24(18)34/h4-6,9,14,19-21,26,31,33,35-36H,7-8,29H2,1-3H3/t9-,14?,19+,20-,21-,26-,27-/m0/s1. The Labute approximate surface area is 231 Å². The summed E-state index contributed by atoms with van der Waals surface area (Å²) >= 11 is 3.37. The van der Waals surface area contributed by atoms with E-state index in [1.165, 1.54) is 32.2 Å². The molecule has 1 aliphatic heterocycles. The molecule has 0 spiro atoms. The Morgan fingerprint density at radius 2 is 1.82 bits per heavy atom. The number of nitrogens with two attached hydrogens (primary N) is 1. The summed E-state index contributed by atoms with van der Waals surface area (Å²) in [5.41, 5.74) is 2.96. The molecular weight excluding hydrogens is 578 g/mol. The Morgan fingerprint density at radius 1 is 1.15 bits per heavy atom. The number of ether oxygens (including phenoxy) is 3. The van der Waals surface area contributed by atoms with Crippen LogP contribution in [0, 0.1) is 0 Å². The van der Waals surface area contributed by atoms with E-state index in [4.69, 9.17) is 19.9 Å². The minimum atomic E-state index is -2.03. The zero-order chi connectivity index (χ0) is 28.5. The summed E-state index contributed by atoms with van der Waals surface area (Å²) in [4.78, 5) is 39.0. The number of Topliss-reactive ketones (excluding diaryl/α,β-unsaturated/α-hetero) is 1. The molecule has 1 heterocycles. The molecule has 208 valence electrons. The third-order valence-electron chi connectivity index (χ3n) is 7.88. The molecule has 12 heteroatoms. The topological polar surface area (TPSA) is 186 Å². The van der Waals surface area contributed by atoms with Gasteiger partial charge in [-0.15, -0.1) is 0 Å². The normalized spacial score (nSPS) is 31.8. The van der Waals surface area contributed by atoms with Crippen LogP contribution in [0.5, 0.6) is 17.2 Å². The van der Waals surface area contributed by atoms with Gasteiger partial charge < -0.3 is 40.4 Å². The maximum atomic E-state index is 13.7. The average molecular weight is 606 g/mol. The number of methoxy groups -OCH3 is 1. The number of hydrogen-bond donors (Lipinski definition) is 5. The van der Waals surface area contributed by atoms with Crippen LogP contribution in [0.3, 0.4) is 0 Å². The second kappa shape index (κ2) is 9.65. The van der Waals surface area contributed by atoms with E-state index in [2.05, 4.69) is 15.9 Å². The Balaban J connectivity index is 1.70. The van der Waals surface area contributed by atoms with E-state index in [1.807, 2.05) is 0 Å². The Morgan fingerprint density at radius 3 is 2.46 bits per heavy atom. The van der Waals surface area contributed by atoms with Crippen molar-refractivity contribution in [2.24, 2.45) is 5.73 Å². The summed E-state index contributed by atoms with van der Waals surface area (Å²) in [7, 11) is 1.34. The van der Waals surface area contributed by atoms with Gasteiger partial charge in [-0.1, -0.05) is 28.1 Å². The molecule has 2 aromatic carbocycles. The van der Waals surface area contributed by atoms with Gasteiger partial charge in [-0.3, -0.25) is 14.4 Å². The largest absolute Gasteiger partial charge is 0.507 e. The van der Waals surface area contributed by atoms with E-state index in [-0.39, 0.29) is 34.4 Å². The van der Waals surface area contributed by atoms with Crippen molar-refractivity contribution in [3.63, 3.8) is 0 Å². The number of phenols is 2. The van der Waals surface area contributed by atoms with Gasteiger partial charge in [0.25, 0.3) is 0 Å². The highest BCUT2D eigenvalue weighted by molar-refractivity contribution is 9.09. The number of carbonyl (C=O) groups is 3. The van der Waals surface area contributed by atoms with Crippen LogP contribution in [0.25, 0.3) is 0 Å². The summed E-state index contributed by atoms with van der Waals surface area (Å²) in [5.74, 6) is -3.25. The predicted molar refractivity (Wildman–Crippen MR) is 138 cm³/mol. The fraction of sp³-hybridized carbons (Fsp3) is 0.444. The fourth-order valence-electron chi connectivity index (χ4n) is 5.62. The average Bonchev–Trinajstić information content (AvgIpc) is 2.90. The molecule has 7 atom stereocenters. The number of phenolic OH excluding ortho intramolecular Hbond substituents is 2. The summed E-state index contributed by atoms with van der Waals surface area (Å²) in [6.07, 6.45) is -4.92. The first kappa shape index (κ1) is 27.7. The number of rotatable bonds is 4. The van der Waals surface area contributed by atoms with Gasteiger partial charge in [-0.05, 0) is 19.9 Å². The van der Waals surface area contributed by atoms with Gasteiger partial charge in [0.15, 0.2) is 17.9 Å². The van der Waals surface area contributed by atoms with Crippen molar-refractivity contribution >= 4 is 33.3 Å². The van der Waals surface area contributed by atoms with Crippen LogP contribution in [0.2, 0.25) is 0 Å². The van der Waals surface area contributed by atoms with Crippen molar-refractivity contribution in [2.45, 2.75) is 67.8 Å². The molecule has 6 N–H and O–H groups in total. The molecule has 39 heavy (non-hydrogen) atoms. The lowest BCUT2D eigenvalue weighted by atomic mass is 9.72. The third kappa shape index (κ3) is 4.09. The smallest absolute Gasteiger partial charge is 0.202 e. The molecule has 1 fully saturated rings. The molecule has 1 saturated heterocycles. The molecule has 3 aliphatic rings. The van der Waals surface area contributed by atoms with Crippen LogP contribution in [0.4, 0.5) is 0 Å². The van der Waals surface area contributed by atoms with Gasteiger partial charge in [0, 0.05) is 29.5 Å². The van der Waals surface area contributed by atoms with Gasteiger partial charge in [0.2, 0.25) is 5.78 Å². The van der Waals surface area contributed by atoms with Gasteiger partial charge in [-0.2, -0.15) is 0 Å². The van der Waals surface area contributed by atoms with Crippen molar-refractivity contribution < 1.29 is 49.0 Å². The lowest BCUT2D eigenvalue weighted by Gasteiger charge is -2.44. The highest BCUT2D eigenvalue weighted by Gasteiger charge is 2.50. The Hall–Kier alpha value is -2.87. The summed E-state index contributed by atoms with van der Waals surface area (Å²) in [6, 6.07) is 3.62. The summed E-state index contributed by atoms with van der Waals surface area (Å²) in [5, 5.41) is 44.4. The summed E-state index contributed by atoms with van der Waals surface area (Å²) in [6.45, 7) is 2.77. The van der Waals surface area contributed by atoms with Crippen LogP contribution in [-0.4, -0.2) is 79.9 Å². The second-order valence-electron chi connectivity index (χ2n) is 10.2. The lowest BCUT2D eigenvalue weighted by molar-refractivity contribution is -0.242. The number of aliphatic hydroxyl groups is 2. The molecule has 2 aromatic rings. The number of alkyl halides is 1. The number of ketones is 3.